The third kappa shape index (κ3) is 5.27. The minimum Gasteiger partial charge on any atom is -0.497 e. The molecule has 0 unspecified atom stereocenters. The number of likely N-dealkylation sites (tertiary alicyclic amines) is 1. The van der Waals surface area contributed by atoms with Gasteiger partial charge in [0.05, 0.1) is 12.7 Å². The number of carbonyl (C=O) groups excluding carboxylic acids is 1. The topological polar surface area (TPSA) is 90.3 Å². The van der Waals surface area contributed by atoms with Crippen molar-refractivity contribution in [3.05, 3.63) is 90.9 Å². The van der Waals surface area contributed by atoms with Crippen LogP contribution < -0.4 is 9.47 Å². The van der Waals surface area contributed by atoms with Gasteiger partial charge in [-0.25, -0.2) is 15.0 Å². The van der Waals surface area contributed by atoms with Crippen LogP contribution in [0.4, 0.5) is 0 Å². The lowest BCUT2D eigenvalue weighted by molar-refractivity contribution is 0.0705. The van der Waals surface area contributed by atoms with Gasteiger partial charge >= 0.3 is 0 Å². The van der Waals surface area contributed by atoms with Gasteiger partial charge in [0.25, 0.3) is 5.91 Å². The minimum atomic E-state index is -0.0356. The first-order valence-electron chi connectivity index (χ1n) is 11.5. The molecule has 1 amide bonds. The van der Waals surface area contributed by atoms with E-state index in [1.165, 1.54) is 6.33 Å². The highest BCUT2D eigenvalue weighted by Gasteiger charge is 2.27. The van der Waals surface area contributed by atoms with E-state index in [-0.39, 0.29) is 11.8 Å². The van der Waals surface area contributed by atoms with Gasteiger partial charge in [-0.15, -0.1) is 0 Å². The number of benzene rings is 1. The molecule has 3 aromatic heterocycles. The summed E-state index contributed by atoms with van der Waals surface area (Å²) in [7, 11) is 1.63. The highest BCUT2D eigenvalue weighted by atomic mass is 16.5. The molecule has 0 N–H and O–H groups in total. The molecule has 0 aliphatic carbocycles. The zero-order valence-corrected chi connectivity index (χ0v) is 19.4. The van der Waals surface area contributed by atoms with Crippen molar-refractivity contribution >= 4 is 5.91 Å². The highest BCUT2D eigenvalue weighted by Crippen LogP contribution is 2.29. The molecule has 1 aromatic carbocycles. The number of amides is 1. The van der Waals surface area contributed by atoms with Gasteiger partial charge in [-0.1, -0.05) is 6.07 Å². The molecule has 35 heavy (non-hydrogen) atoms. The first-order chi connectivity index (χ1) is 17.2. The van der Waals surface area contributed by atoms with Crippen molar-refractivity contribution in [2.24, 2.45) is 0 Å². The molecule has 1 fully saturated rings. The van der Waals surface area contributed by atoms with Crippen LogP contribution in [0.15, 0.2) is 79.6 Å². The molecule has 8 heteroatoms. The first-order valence-corrected chi connectivity index (χ1v) is 11.5. The van der Waals surface area contributed by atoms with E-state index in [1.54, 1.807) is 31.9 Å². The van der Waals surface area contributed by atoms with E-state index in [0.29, 0.717) is 30.3 Å². The number of aromatic nitrogens is 4. The summed E-state index contributed by atoms with van der Waals surface area (Å²) in [5, 5.41) is 0. The van der Waals surface area contributed by atoms with E-state index in [4.69, 9.17) is 14.5 Å². The van der Waals surface area contributed by atoms with Gasteiger partial charge in [-0.2, -0.15) is 0 Å². The lowest BCUT2D eigenvalue weighted by Crippen LogP contribution is -2.39. The molecular weight excluding hydrogens is 442 g/mol. The van der Waals surface area contributed by atoms with Gasteiger partial charge in [0, 0.05) is 66.7 Å². The summed E-state index contributed by atoms with van der Waals surface area (Å²) < 4.78 is 11.1. The summed E-state index contributed by atoms with van der Waals surface area (Å²) in [6.07, 6.45) is 10.1. The fraction of sp³-hybridized carbons (Fsp3) is 0.222. The number of hydrogen-bond donors (Lipinski definition) is 0. The van der Waals surface area contributed by atoms with Gasteiger partial charge < -0.3 is 14.4 Å². The number of ether oxygens (including phenoxy) is 2. The average Bonchev–Trinajstić information content (AvgIpc) is 2.94. The van der Waals surface area contributed by atoms with Crippen LogP contribution in [-0.2, 0) is 0 Å². The lowest BCUT2D eigenvalue weighted by atomic mass is 9.93. The Hall–Kier alpha value is -4.33. The van der Waals surface area contributed by atoms with Crippen LogP contribution in [0, 0.1) is 0 Å². The molecular formula is C27H25N5O3. The third-order valence-corrected chi connectivity index (χ3v) is 6.03. The molecule has 5 rings (SSSR count). The molecule has 1 atom stereocenters. The molecule has 0 radical (unpaired) electrons. The third-order valence-electron chi connectivity index (χ3n) is 6.03. The predicted molar refractivity (Wildman–Crippen MR) is 130 cm³/mol. The maximum absolute atomic E-state index is 13.3. The maximum atomic E-state index is 13.3. The molecule has 0 bridgehead atoms. The molecule has 176 valence electrons. The zero-order chi connectivity index (χ0) is 24.0. The second kappa shape index (κ2) is 10.3. The summed E-state index contributed by atoms with van der Waals surface area (Å²) in [6, 6.07) is 15.0. The predicted octanol–water partition coefficient (Wildman–Crippen LogP) is 4.75. The average molecular weight is 468 g/mol. The Kier molecular flexibility index (Phi) is 6.61. The SMILES string of the molecule is COc1ccc(Oc2cccc([C@H]3CCCN(C(=O)c4cncc(-c5cncnc5)c4)C3)n2)cc1. The van der Waals surface area contributed by atoms with E-state index in [0.717, 1.165) is 35.4 Å². The Morgan fingerprint density at radius 1 is 0.943 bits per heavy atom. The van der Waals surface area contributed by atoms with Crippen molar-refractivity contribution < 1.29 is 14.3 Å². The van der Waals surface area contributed by atoms with Crippen LogP contribution in [0.3, 0.4) is 0 Å². The van der Waals surface area contributed by atoms with Crippen molar-refractivity contribution in [1.82, 2.24) is 24.8 Å². The monoisotopic (exact) mass is 467 g/mol. The van der Waals surface area contributed by atoms with E-state index in [2.05, 4.69) is 15.0 Å². The van der Waals surface area contributed by atoms with Crippen LogP contribution in [-0.4, -0.2) is 50.9 Å². The molecule has 0 saturated carbocycles. The fourth-order valence-electron chi connectivity index (χ4n) is 4.23. The molecule has 1 aliphatic heterocycles. The van der Waals surface area contributed by atoms with Crippen molar-refractivity contribution in [3.8, 4) is 28.5 Å². The summed E-state index contributed by atoms with van der Waals surface area (Å²) in [5.74, 6) is 2.08. The van der Waals surface area contributed by atoms with Crippen LogP contribution in [0.25, 0.3) is 11.1 Å². The Morgan fingerprint density at radius 3 is 2.51 bits per heavy atom. The molecule has 4 aromatic rings. The van der Waals surface area contributed by atoms with Crippen molar-refractivity contribution in [2.45, 2.75) is 18.8 Å². The summed E-state index contributed by atoms with van der Waals surface area (Å²) in [5.41, 5.74) is 3.11. The van der Waals surface area contributed by atoms with Crippen LogP contribution >= 0.6 is 0 Å². The van der Waals surface area contributed by atoms with Gasteiger partial charge in [-0.3, -0.25) is 9.78 Å². The Labute approximate surface area is 203 Å². The standard InChI is InChI=1S/C27H25N5O3/c1-34-23-7-9-24(10-8-23)35-26-6-2-5-25(31-26)19-4-3-11-32(17-19)27(33)21-12-20(13-28-14-21)22-15-29-18-30-16-22/h2,5-10,12-16,18-19H,3-4,11,17H2,1H3/t19-/m0/s1. The Bertz CT molecular complexity index is 1300. The van der Waals surface area contributed by atoms with E-state index in [1.807, 2.05) is 53.4 Å². The number of hydrogen-bond acceptors (Lipinski definition) is 7. The number of methoxy groups -OCH3 is 1. The largest absolute Gasteiger partial charge is 0.497 e. The maximum Gasteiger partial charge on any atom is 0.255 e. The van der Waals surface area contributed by atoms with Crippen LogP contribution in [0.1, 0.15) is 34.8 Å². The van der Waals surface area contributed by atoms with Crippen molar-refractivity contribution in [1.29, 1.82) is 0 Å². The number of piperidine rings is 1. The molecule has 4 heterocycles. The second-order valence-corrected chi connectivity index (χ2v) is 8.36. The number of nitrogens with zero attached hydrogens (tertiary/aromatic N) is 5. The summed E-state index contributed by atoms with van der Waals surface area (Å²) in [6.45, 7) is 1.30. The lowest BCUT2D eigenvalue weighted by Gasteiger charge is -2.32. The van der Waals surface area contributed by atoms with Crippen LogP contribution in [0.2, 0.25) is 0 Å². The van der Waals surface area contributed by atoms with Gasteiger partial charge in [0.15, 0.2) is 0 Å². The molecule has 0 spiro atoms. The minimum absolute atomic E-state index is 0.0356. The molecule has 8 nitrogen and oxygen atoms in total. The molecule has 1 saturated heterocycles. The van der Waals surface area contributed by atoms with Crippen molar-refractivity contribution in [3.63, 3.8) is 0 Å². The second-order valence-electron chi connectivity index (χ2n) is 8.36. The zero-order valence-electron chi connectivity index (χ0n) is 19.4. The van der Waals surface area contributed by atoms with Crippen LogP contribution in [0.5, 0.6) is 17.4 Å². The first kappa shape index (κ1) is 22.5. The summed E-state index contributed by atoms with van der Waals surface area (Å²) >= 11 is 0. The van der Waals surface area contributed by atoms with Gasteiger partial charge in [0.1, 0.15) is 17.8 Å². The van der Waals surface area contributed by atoms with Gasteiger partial charge in [-0.05, 0) is 49.2 Å². The van der Waals surface area contributed by atoms with E-state index >= 15 is 0 Å². The highest BCUT2D eigenvalue weighted by molar-refractivity contribution is 5.95. The molecule has 1 aliphatic rings. The van der Waals surface area contributed by atoms with Crippen molar-refractivity contribution in [2.75, 3.05) is 20.2 Å². The van der Waals surface area contributed by atoms with Gasteiger partial charge in [0.2, 0.25) is 5.88 Å². The Balaban J connectivity index is 1.29. The summed E-state index contributed by atoms with van der Waals surface area (Å²) in [4.78, 5) is 32.3. The quantitative estimate of drug-likeness (QED) is 0.404. The fourth-order valence-corrected chi connectivity index (χ4v) is 4.23. The number of pyridine rings is 2. The van der Waals surface area contributed by atoms with E-state index < -0.39 is 0 Å². The number of carbonyl (C=O) groups is 1. The smallest absolute Gasteiger partial charge is 0.255 e. The van der Waals surface area contributed by atoms with E-state index in [9.17, 15) is 4.79 Å². The Morgan fingerprint density at radius 2 is 1.71 bits per heavy atom. The normalized spacial score (nSPS) is 15.5. The number of rotatable bonds is 6.